The lowest BCUT2D eigenvalue weighted by Crippen LogP contribution is -2.27. The standard InChI is InChI=1S/C18H19NO3/c1-21-15-10-13-8-9-17(20)19-18(12-6-4-3-5-7-12)14(13)11-16(15)22-2/h3-7,10-11,18H,8-9H2,1-2H3,(H,19,20). The molecular formula is C18H19NO3. The van der Waals surface area contributed by atoms with Crippen LogP contribution in [0.25, 0.3) is 0 Å². The number of nitrogens with one attached hydrogen (secondary N) is 1. The number of ether oxygens (including phenoxy) is 2. The first-order valence-corrected chi connectivity index (χ1v) is 7.32. The molecule has 1 amide bonds. The van der Waals surface area contributed by atoms with E-state index in [0.717, 1.165) is 16.7 Å². The molecule has 0 saturated heterocycles. The molecule has 114 valence electrons. The number of hydrogen-bond acceptors (Lipinski definition) is 3. The second kappa shape index (κ2) is 6.10. The summed E-state index contributed by atoms with van der Waals surface area (Å²) in [5.74, 6) is 1.43. The van der Waals surface area contributed by atoms with Crippen LogP contribution in [0, 0.1) is 0 Å². The predicted octanol–water partition coefficient (Wildman–Crippen LogP) is 2.86. The van der Waals surface area contributed by atoms with Crippen molar-refractivity contribution in [3.8, 4) is 11.5 Å². The summed E-state index contributed by atoms with van der Waals surface area (Å²) in [6, 6.07) is 13.8. The van der Waals surface area contributed by atoms with Gasteiger partial charge in [-0.3, -0.25) is 4.79 Å². The molecule has 1 heterocycles. The van der Waals surface area contributed by atoms with E-state index in [2.05, 4.69) is 5.32 Å². The van der Waals surface area contributed by atoms with Gasteiger partial charge in [0.2, 0.25) is 5.91 Å². The van der Waals surface area contributed by atoms with Crippen molar-refractivity contribution in [2.75, 3.05) is 14.2 Å². The highest BCUT2D eigenvalue weighted by Crippen LogP contribution is 2.37. The molecule has 0 spiro atoms. The van der Waals surface area contributed by atoms with Gasteiger partial charge in [-0.05, 0) is 35.2 Å². The van der Waals surface area contributed by atoms with E-state index in [0.29, 0.717) is 24.3 Å². The zero-order valence-electron chi connectivity index (χ0n) is 12.8. The fourth-order valence-corrected chi connectivity index (χ4v) is 2.89. The van der Waals surface area contributed by atoms with Crippen LogP contribution in [0.4, 0.5) is 0 Å². The van der Waals surface area contributed by atoms with Crippen LogP contribution in [0.1, 0.15) is 29.2 Å². The SMILES string of the molecule is COc1cc2c(cc1OC)C(c1ccccc1)NC(=O)CC2. The van der Waals surface area contributed by atoms with E-state index in [4.69, 9.17) is 9.47 Å². The van der Waals surface area contributed by atoms with Crippen LogP contribution in [-0.4, -0.2) is 20.1 Å². The summed E-state index contributed by atoms with van der Waals surface area (Å²) in [6.45, 7) is 0. The number of methoxy groups -OCH3 is 2. The maximum absolute atomic E-state index is 12.1. The number of fused-ring (bicyclic) bond motifs is 1. The second-order valence-electron chi connectivity index (χ2n) is 5.32. The molecule has 4 heteroatoms. The molecule has 2 aromatic carbocycles. The molecule has 3 rings (SSSR count). The monoisotopic (exact) mass is 297 g/mol. The Hall–Kier alpha value is -2.49. The number of carbonyl (C=O) groups excluding carboxylic acids is 1. The minimum Gasteiger partial charge on any atom is -0.493 e. The number of rotatable bonds is 3. The van der Waals surface area contributed by atoms with Gasteiger partial charge in [0.05, 0.1) is 20.3 Å². The van der Waals surface area contributed by atoms with Crippen LogP contribution in [0.15, 0.2) is 42.5 Å². The van der Waals surface area contributed by atoms with E-state index >= 15 is 0 Å². The Morgan fingerprint density at radius 1 is 1.00 bits per heavy atom. The minimum absolute atomic E-state index is 0.0583. The fourth-order valence-electron chi connectivity index (χ4n) is 2.89. The van der Waals surface area contributed by atoms with E-state index in [9.17, 15) is 4.79 Å². The number of carbonyl (C=O) groups is 1. The molecule has 0 aromatic heterocycles. The Kier molecular flexibility index (Phi) is 4.00. The lowest BCUT2D eigenvalue weighted by molar-refractivity contribution is -0.121. The van der Waals surface area contributed by atoms with Crippen molar-refractivity contribution >= 4 is 5.91 Å². The highest BCUT2D eigenvalue weighted by molar-refractivity contribution is 5.78. The van der Waals surface area contributed by atoms with Crippen LogP contribution in [0.3, 0.4) is 0 Å². The molecule has 1 atom stereocenters. The maximum atomic E-state index is 12.1. The van der Waals surface area contributed by atoms with Gasteiger partial charge in [-0.1, -0.05) is 30.3 Å². The van der Waals surface area contributed by atoms with Crippen molar-refractivity contribution in [1.82, 2.24) is 5.32 Å². The average Bonchev–Trinajstić information content (AvgIpc) is 2.73. The lowest BCUT2D eigenvalue weighted by Gasteiger charge is -2.21. The minimum atomic E-state index is -0.161. The Balaban J connectivity index is 2.14. The van der Waals surface area contributed by atoms with Crippen LogP contribution in [0.2, 0.25) is 0 Å². The van der Waals surface area contributed by atoms with E-state index < -0.39 is 0 Å². The van der Waals surface area contributed by atoms with E-state index in [1.807, 2.05) is 42.5 Å². The summed E-state index contributed by atoms with van der Waals surface area (Å²) in [4.78, 5) is 12.1. The highest BCUT2D eigenvalue weighted by Gasteiger charge is 2.25. The van der Waals surface area contributed by atoms with Gasteiger partial charge in [-0.25, -0.2) is 0 Å². The van der Waals surface area contributed by atoms with Crippen LogP contribution in [-0.2, 0) is 11.2 Å². The van der Waals surface area contributed by atoms with Crippen molar-refractivity contribution in [2.45, 2.75) is 18.9 Å². The zero-order valence-corrected chi connectivity index (χ0v) is 12.8. The molecule has 4 nitrogen and oxygen atoms in total. The predicted molar refractivity (Wildman–Crippen MR) is 84.3 cm³/mol. The summed E-state index contributed by atoms with van der Waals surface area (Å²) in [5.41, 5.74) is 3.24. The molecule has 22 heavy (non-hydrogen) atoms. The normalized spacial score (nSPS) is 17.2. The van der Waals surface area contributed by atoms with Gasteiger partial charge in [-0.2, -0.15) is 0 Å². The zero-order chi connectivity index (χ0) is 15.5. The molecule has 1 aliphatic rings. The Bertz CT molecular complexity index is 682. The van der Waals surface area contributed by atoms with Gasteiger partial charge in [0.25, 0.3) is 0 Å². The molecular weight excluding hydrogens is 278 g/mol. The van der Waals surface area contributed by atoms with Crippen molar-refractivity contribution in [3.05, 3.63) is 59.2 Å². The van der Waals surface area contributed by atoms with Crippen LogP contribution in [0.5, 0.6) is 11.5 Å². The molecule has 0 fully saturated rings. The number of hydrogen-bond donors (Lipinski definition) is 1. The Labute approximate surface area is 130 Å². The molecule has 0 saturated carbocycles. The van der Waals surface area contributed by atoms with E-state index in [-0.39, 0.29) is 11.9 Å². The third kappa shape index (κ3) is 2.64. The molecule has 1 unspecified atom stereocenters. The summed E-state index contributed by atoms with van der Waals surface area (Å²) in [7, 11) is 3.25. The van der Waals surface area contributed by atoms with Gasteiger partial charge in [0, 0.05) is 6.42 Å². The largest absolute Gasteiger partial charge is 0.493 e. The number of aryl methyl sites for hydroxylation is 1. The van der Waals surface area contributed by atoms with Gasteiger partial charge in [0.1, 0.15) is 0 Å². The van der Waals surface area contributed by atoms with Crippen LogP contribution >= 0.6 is 0 Å². The summed E-state index contributed by atoms with van der Waals surface area (Å²) in [5, 5.41) is 3.10. The highest BCUT2D eigenvalue weighted by atomic mass is 16.5. The van der Waals surface area contributed by atoms with Gasteiger partial charge in [0.15, 0.2) is 11.5 Å². The third-order valence-corrected chi connectivity index (χ3v) is 4.02. The maximum Gasteiger partial charge on any atom is 0.221 e. The lowest BCUT2D eigenvalue weighted by atomic mass is 9.93. The first kappa shape index (κ1) is 14.4. The Morgan fingerprint density at radius 2 is 1.68 bits per heavy atom. The summed E-state index contributed by atoms with van der Waals surface area (Å²) < 4.78 is 10.8. The van der Waals surface area contributed by atoms with Crippen LogP contribution < -0.4 is 14.8 Å². The topological polar surface area (TPSA) is 47.6 Å². The van der Waals surface area contributed by atoms with E-state index in [1.54, 1.807) is 14.2 Å². The fraction of sp³-hybridized carbons (Fsp3) is 0.278. The number of benzene rings is 2. The molecule has 2 aromatic rings. The van der Waals surface area contributed by atoms with Crippen molar-refractivity contribution in [1.29, 1.82) is 0 Å². The molecule has 0 bridgehead atoms. The third-order valence-electron chi connectivity index (χ3n) is 4.02. The first-order chi connectivity index (χ1) is 10.7. The molecule has 1 N–H and O–H groups in total. The van der Waals surface area contributed by atoms with Gasteiger partial charge in [-0.15, -0.1) is 0 Å². The molecule has 1 aliphatic heterocycles. The quantitative estimate of drug-likeness (QED) is 0.947. The first-order valence-electron chi connectivity index (χ1n) is 7.32. The van der Waals surface area contributed by atoms with Crippen molar-refractivity contribution in [3.63, 3.8) is 0 Å². The average molecular weight is 297 g/mol. The van der Waals surface area contributed by atoms with Gasteiger partial charge >= 0.3 is 0 Å². The van der Waals surface area contributed by atoms with Gasteiger partial charge < -0.3 is 14.8 Å². The smallest absolute Gasteiger partial charge is 0.221 e. The number of amides is 1. The van der Waals surface area contributed by atoms with Crippen molar-refractivity contribution < 1.29 is 14.3 Å². The second-order valence-corrected chi connectivity index (χ2v) is 5.32. The summed E-state index contributed by atoms with van der Waals surface area (Å²) >= 11 is 0. The summed E-state index contributed by atoms with van der Waals surface area (Å²) in [6.07, 6.45) is 1.18. The Morgan fingerprint density at radius 3 is 2.36 bits per heavy atom. The van der Waals surface area contributed by atoms with E-state index in [1.165, 1.54) is 0 Å². The molecule has 0 aliphatic carbocycles. The van der Waals surface area contributed by atoms with Crippen molar-refractivity contribution in [2.24, 2.45) is 0 Å². The molecule has 0 radical (unpaired) electrons.